The van der Waals surface area contributed by atoms with Crippen molar-refractivity contribution in [2.45, 2.75) is 57.6 Å². The van der Waals surface area contributed by atoms with Gasteiger partial charge < -0.3 is 19.5 Å². The van der Waals surface area contributed by atoms with Crippen LogP contribution in [-0.2, 0) is 4.74 Å². The molecule has 0 spiro atoms. The van der Waals surface area contributed by atoms with Gasteiger partial charge in [0.15, 0.2) is 5.01 Å². The van der Waals surface area contributed by atoms with E-state index in [4.69, 9.17) is 4.74 Å². The van der Waals surface area contributed by atoms with E-state index in [-0.39, 0.29) is 17.7 Å². The maximum absolute atomic E-state index is 13.5. The highest BCUT2D eigenvalue weighted by Gasteiger charge is 2.30. The van der Waals surface area contributed by atoms with Gasteiger partial charge >= 0.3 is 6.09 Å². The van der Waals surface area contributed by atoms with E-state index < -0.39 is 6.10 Å². The maximum Gasteiger partial charge on any atom is 0.410 e. The molecule has 0 radical (unpaired) electrons. The number of likely N-dealkylation sites (tertiary alicyclic amines) is 2. The zero-order valence-electron chi connectivity index (χ0n) is 20.0. The second kappa shape index (κ2) is 10.5. The molecule has 2 saturated heterocycles. The largest absolute Gasteiger partial charge is 0.440 e. The molecule has 0 bridgehead atoms. The Hall–Kier alpha value is -2.78. The molecule has 1 N–H and O–H groups in total. The average molecular weight is 499 g/mol. The zero-order chi connectivity index (χ0) is 24.4. The first-order valence-electron chi connectivity index (χ1n) is 12.5. The molecule has 35 heavy (non-hydrogen) atoms. The number of aromatic amines is 1. The van der Waals surface area contributed by atoms with Gasteiger partial charge in [-0.05, 0) is 63.4 Å². The highest BCUT2D eigenvalue weighted by molar-refractivity contribution is 7.12. The Morgan fingerprint density at radius 2 is 1.97 bits per heavy atom. The number of hydrogen-bond donors (Lipinski definition) is 1. The van der Waals surface area contributed by atoms with Gasteiger partial charge in [0.25, 0.3) is 0 Å². The van der Waals surface area contributed by atoms with E-state index in [1.165, 1.54) is 55.8 Å². The van der Waals surface area contributed by atoms with Crippen LogP contribution in [0.15, 0.2) is 29.8 Å². The molecule has 1 amide bonds. The van der Waals surface area contributed by atoms with Crippen molar-refractivity contribution in [2.75, 3.05) is 26.2 Å². The van der Waals surface area contributed by atoms with Crippen LogP contribution in [0.25, 0.3) is 10.9 Å². The van der Waals surface area contributed by atoms with Crippen molar-refractivity contribution in [3.05, 3.63) is 51.9 Å². The van der Waals surface area contributed by atoms with Gasteiger partial charge in [0.05, 0.1) is 11.3 Å². The summed E-state index contributed by atoms with van der Waals surface area (Å²) >= 11 is 1.23. The van der Waals surface area contributed by atoms with Crippen LogP contribution >= 0.6 is 11.3 Å². The molecule has 9 heteroatoms. The fraction of sp³-hybridized carbons (Fsp3) is 0.500. The molecule has 0 aliphatic carbocycles. The number of carbonyl (C=O) groups excluding carboxylic acids is 2. The Morgan fingerprint density at radius 1 is 1.20 bits per heavy atom. The topological polar surface area (TPSA) is 78.5 Å². The molecule has 1 atom stereocenters. The molecule has 0 unspecified atom stereocenters. The van der Waals surface area contributed by atoms with E-state index in [9.17, 15) is 14.0 Å². The standard InChI is InChI=1S/C26H31FN4O3S/c1-2-23(34-26(33)31-12-8-18(9-13-31)30-10-4-3-5-11-30)22-16-35-25(29-22)24(32)20-15-28-21-14-17(27)6-7-19(20)21/h6-7,14-16,18,23,28H,2-5,8-13H2,1H3/t23-/m0/s1. The van der Waals surface area contributed by atoms with Crippen LogP contribution in [0.1, 0.15) is 72.6 Å². The predicted octanol–water partition coefficient (Wildman–Crippen LogP) is 5.53. The summed E-state index contributed by atoms with van der Waals surface area (Å²) in [5, 5.41) is 2.76. The Labute approximate surface area is 208 Å². The molecule has 5 rings (SSSR count). The highest BCUT2D eigenvalue weighted by atomic mass is 32.1. The summed E-state index contributed by atoms with van der Waals surface area (Å²) < 4.78 is 19.3. The summed E-state index contributed by atoms with van der Waals surface area (Å²) in [6.07, 6.45) is 7.18. The minimum absolute atomic E-state index is 0.236. The number of rotatable bonds is 6. The summed E-state index contributed by atoms with van der Waals surface area (Å²) in [5.74, 6) is -0.599. The number of nitrogens with one attached hydrogen (secondary N) is 1. The van der Waals surface area contributed by atoms with Crippen molar-refractivity contribution in [1.82, 2.24) is 19.8 Å². The molecule has 0 saturated carbocycles. The quantitative estimate of drug-likeness (QED) is 0.452. The van der Waals surface area contributed by atoms with Crippen molar-refractivity contribution in [3.8, 4) is 0 Å². The van der Waals surface area contributed by atoms with Gasteiger partial charge in [-0.1, -0.05) is 13.3 Å². The van der Waals surface area contributed by atoms with Crippen LogP contribution in [0.2, 0.25) is 0 Å². The van der Waals surface area contributed by atoms with Gasteiger partial charge in [0.1, 0.15) is 11.9 Å². The van der Waals surface area contributed by atoms with Crippen LogP contribution in [0.5, 0.6) is 0 Å². The number of ether oxygens (including phenoxy) is 1. The number of hydrogen-bond acceptors (Lipinski definition) is 6. The summed E-state index contributed by atoms with van der Waals surface area (Å²) in [5.41, 5.74) is 1.60. The number of piperidine rings is 2. The number of carbonyl (C=O) groups is 2. The summed E-state index contributed by atoms with van der Waals surface area (Å²) in [7, 11) is 0. The van der Waals surface area contributed by atoms with Crippen LogP contribution in [-0.4, -0.2) is 63.9 Å². The second-order valence-electron chi connectivity index (χ2n) is 9.39. The summed E-state index contributed by atoms with van der Waals surface area (Å²) in [6, 6.07) is 4.85. The minimum Gasteiger partial charge on any atom is -0.440 e. The molecule has 2 aromatic heterocycles. The normalized spacial score (nSPS) is 18.6. The molecule has 3 aromatic rings. The smallest absolute Gasteiger partial charge is 0.410 e. The van der Waals surface area contributed by atoms with Crippen molar-refractivity contribution in [3.63, 3.8) is 0 Å². The van der Waals surface area contributed by atoms with E-state index in [1.807, 2.05) is 6.92 Å². The lowest BCUT2D eigenvalue weighted by Crippen LogP contribution is -2.48. The lowest BCUT2D eigenvalue weighted by atomic mass is 10.0. The Kier molecular flexibility index (Phi) is 7.15. The first-order valence-corrected chi connectivity index (χ1v) is 13.4. The van der Waals surface area contributed by atoms with Gasteiger partial charge in [-0.3, -0.25) is 4.79 Å². The number of halogens is 1. The fourth-order valence-electron chi connectivity index (χ4n) is 5.19. The third-order valence-electron chi connectivity index (χ3n) is 7.18. The van der Waals surface area contributed by atoms with Gasteiger partial charge in [-0.15, -0.1) is 11.3 Å². The van der Waals surface area contributed by atoms with E-state index in [0.717, 1.165) is 12.8 Å². The third-order valence-corrected chi connectivity index (χ3v) is 8.04. The lowest BCUT2D eigenvalue weighted by Gasteiger charge is -2.40. The number of thiazole rings is 1. The number of amides is 1. The van der Waals surface area contributed by atoms with Gasteiger partial charge in [0, 0.05) is 41.6 Å². The van der Waals surface area contributed by atoms with E-state index in [0.29, 0.717) is 52.7 Å². The molecular formula is C26H31FN4O3S. The maximum atomic E-state index is 13.5. The fourth-order valence-corrected chi connectivity index (χ4v) is 6.00. The van der Waals surface area contributed by atoms with Gasteiger partial charge in [0.2, 0.25) is 5.78 Å². The monoisotopic (exact) mass is 498 g/mol. The number of benzene rings is 1. The Bertz CT molecular complexity index is 1190. The van der Waals surface area contributed by atoms with Gasteiger partial charge in [-0.25, -0.2) is 14.2 Å². The van der Waals surface area contributed by atoms with Crippen LogP contribution in [0.3, 0.4) is 0 Å². The molecular weight excluding hydrogens is 467 g/mol. The summed E-state index contributed by atoms with van der Waals surface area (Å²) in [6.45, 7) is 5.70. The van der Waals surface area contributed by atoms with Gasteiger partial charge in [-0.2, -0.15) is 0 Å². The van der Waals surface area contributed by atoms with E-state index >= 15 is 0 Å². The predicted molar refractivity (Wildman–Crippen MR) is 133 cm³/mol. The number of nitrogens with zero attached hydrogens (tertiary/aromatic N) is 3. The van der Waals surface area contributed by atoms with E-state index in [1.54, 1.807) is 22.5 Å². The lowest BCUT2D eigenvalue weighted by molar-refractivity contribution is 0.0392. The first kappa shape index (κ1) is 23.9. The van der Waals surface area contributed by atoms with Crippen molar-refractivity contribution < 1.29 is 18.7 Å². The van der Waals surface area contributed by atoms with Crippen LogP contribution in [0.4, 0.5) is 9.18 Å². The van der Waals surface area contributed by atoms with Crippen LogP contribution in [0, 0.1) is 5.82 Å². The minimum atomic E-state index is -0.503. The van der Waals surface area contributed by atoms with Crippen LogP contribution < -0.4 is 0 Å². The Morgan fingerprint density at radius 3 is 2.71 bits per heavy atom. The van der Waals surface area contributed by atoms with E-state index in [2.05, 4.69) is 14.9 Å². The molecule has 2 aliphatic heterocycles. The summed E-state index contributed by atoms with van der Waals surface area (Å²) in [4.78, 5) is 37.8. The molecule has 2 fully saturated rings. The molecule has 186 valence electrons. The number of ketones is 1. The molecule has 2 aliphatic rings. The van der Waals surface area contributed by atoms with Crippen molar-refractivity contribution in [1.29, 1.82) is 0 Å². The average Bonchev–Trinajstić information content (AvgIpc) is 3.55. The number of fused-ring (bicyclic) bond motifs is 1. The highest BCUT2D eigenvalue weighted by Crippen LogP contribution is 2.28. The second-order valence-corrected chi connectivity index (χ2v) is 10.3. The molecule has 7 nitrogen and oxygen atoms in total. The molecule has 1 aromatic carbocycles. The molecule has 4 heterocycles. The zero-order valence-corrected chi connectivity index (χ0v) is 20.8. The SMILES string of the molecule is CC[C@H](OC(=O)N1CCC(N2CCCCC2)CC1)c1csc(C(=O)c2c[nH]c3cc(F)ccc23)n1. The number of aromatic nitrogens is 2. The Balaban J connectivity index is 1.21. The first-order chi connectivity index (χ1) is 17.0. The van der Waals surface area contributed by atoms with Crippen molar-refractivity contribution >= 4 is 34.1 Å². The third kappa shape index (κ3) is 5.11. The number of H-pyrrole nitrogens is 1. The van der Waals surface area contributed by atoms with Crippen molar-refractivity contribution in [2.24, 2.45) is 0 Å².